The van der Waals surface area contributed by atoms with Crippen LogP contribution in [0.25, 0.3) is 10.7 Å². The van der Waals surface area contributed by atoms with Crippen LogP contribution in [-0.2, 0) is 11.3 Å². The van der Waals surface area contributed by atoms with Crippen LogP contribution in [0.1, 0.15) is 25.1 Å². The second kappa shape index (κ2) is 7.10. The van der Waals surface area contributed by atoms with E-state index < -0.39 is 0 Å². The third kappa shape index (κ3) is 3.59. The second-order valence-corrected chi connectivity index (χ2v) is 5.72. The van der Waals surface area contributed by atoms with Gasteiger partial charge in [0.15, 0.2) is 0 Å². The van der Waals surface area contributed by atoms with Crippen molar-refractivity contribution in [2.45, 2.75) is 25.9 Å². The first kappa shape index (κ1) is 15.3. The fourth-order valence-electron chi connectivity index (χ4n) is 2.17. The van der Waals surface area contributed by atoms with Crippen molar-refractivity contribution in [3.05, 3.63) is 48.1 Å². The molecule has 0 aromatic carbocycles. The van der Waals surface area contributed by atoms with E-state index in [0.717, 1.165) is 16.4 Å². The van der Waals surface area contributed by atoms with E-state index in [1.165, 1.54) is 11.3 Å². The van der Waals surface area contributed by atoms with Gasteiger partial charge in [0, 0.05) is 30.2 Å². The molecule has 0 unspecified atom stereocenters. The molecule has 23 heavy (non-hydrogen) atoms. The minimum absolute atomic E-state index is 0.0646. The molecule has 0 saturated heterocycles. The van der Waals surface area contributed by atoms with E-state index in [1.807, 2.05) is 18.4 Å². The van der Waals surface area contributed by atoms with Crippen LogP contribution >= 0.6 is 11.3 Å². The quantitative estimate of drug-likeness (QED) is 0.748. The van der Waals surface area contributed by atoms with Crippen molar-refractivity contribution in [3.8, 4) is 10.7 Å². The van der Waals surface area contributed by atoms with Crippen LogP contribution in [0.3, 0.4) is 0 Å². The molecule has 0 saturated carbocycles. The molecule has 1 amide bonds. The summed E-state index contributed by atoms with van der Waals surface area (Å²) in [6.45, 7) is 2.34. The maximum atomic E-state index is 12.3. The fourth-order valence-corrected chi connectivity index (χ4v) is 2.95. The topological polar surface area (TPSA) is 85.6 Å². The molecule has 0 aliphatic carbocycles. The molecular formula is C15H16N6OS. The smallest absolute Gasteiger partial charge is 0.245 e. The first-order valence-electron chi connectivity index (χ1n) is 7.25. The van der Waals surface area contributed by atoms with Crippen molar-refractivity contribution in [3.63, 3.8) is 0 Å². The monoisotopic (exact) mass is 328 g/mol. The maximum Gasteiger partial charge on any atom is 0.245 e. The van der Waals surface area contributed by atoms with Crippen LogP contribution in [-0.4, -0.2) is 30.6 Å². The lowest BCUT2D eigenvalue weighted by Gasteiger charge is -2.14. The summed E-state index contributed by atoms with van der Waals surface area (Å²) in [5.41, 5.74) is 1.54. The zero-order valence-corrected chi connectivity index (χ0v) is 13.4. The Morgan fingerprint density at radius 2 is 2.30 bits per heavy atom. The summed E-state index contributed by atoms with van der Waals surface area (Å²) >= 11 is 1.48. The average molecular weight is 328 g/mol. The minimum atomic E-state index is -0.303. The van der Waals surface area contributed by atoms with Crippen molar-refractivity contribution in [2.24, 2.45) is 0 Å². The molecule has 0 spiro atoms. The standard InChI is InChI=1S/C15H16N6OS/c1-2-13(21-7-3-4-19-21)14(22)18-8-11-10-23-15(20-11)12-9-16-5-6-17-12/h3-7,9-10,13H,2,8H2,1H3,(H,18,22)/t13-/m0/s1. The van der Waals surface area contributed by atoms with Gasteiger partial charge in [-0.05, 0) is 12.5 Å². The predicted molar refractivity (Wildman–Crippen MR) is 86.5 cm³/mol. The van der Waals surface area contributed by atoms with Crippen LogP contribution in [0.15, 0.2) is 42.4 Å². The number of thiazole rings is 1. The van der Waals surface area contributed by atoms with E-state index in [-0.39, 0.29) is 11.9 Å². The summed E-state index contributed by atoms with van der Waals surface area (Å²) in [7, 11) is 0. The van der Waals surface area contributed by atoms with Crippen molar-refractivity contribution >= 4 is 17.2 Å². The Kier molecular flexibility index (Phi) is 4.72. The predicted octanol–water partition coefficient (Wildman–Crippen LogP) is 2.06. The molecular weight excluding hydrogens is 312 g/mol. The summed E-state index contributed by atoms with van der Waals surface area (Å²) in [5.74, 6) is -0.0646. The van der Waals surface area contributed by atoms with E-state index in [1.54, 1.807) is 35.7 Å². The van der Waals surface area contributed by atoms with Crippen LogP contribution in [0.5, 0.6) is 0 Å². The normalized spacial score (nSPS) is 12.0. The number of carbonyl (C=O) groups excluding carboxylic acids is 1. The van der Waals surface area contributed by atoms with Gasteiger partial charge in [-0.3, -0.25) is 19.4 Å². The van der Waals surface area contributed by atoms with E-state index >= 15 is 0 Å². The molecule has 0 radical (unpaired) electrons. The molecule has 0 bridgehead atoms. The average Bonchev–Trinajstić information content (AvgIpc) is 3.26. The van der Waals surface area contributed by atoms with Gasteiger partial charge in [0.1, 0.15) is 16.7 Å². The Labute approximate surface area is 137 Å². The van der Waals surface area contributed by atoms with Gasteiger partial charge in [0.2, 0.25) is 5.91 Å². The molecule has 3 aromatic rings. The van der Waals surface area contributed by atoms with Gasteiger partial charge < -0.3 is 5.32 Å². The molecule has 3 rings (SSSR count). The number of hydrogen-bond donors (Lipinski definition) is 1. The molecule has 0 fully saturated rings. The fraction of sp³-hybridized carbons (Fsp3) is 0.267. The number of hydrogen-bond acceptors (Lipinski definition) is 6. The highest BCUT2D eigenvalue weighted by atomic mass is 32.1. The summed E-state index contributed by atoms with van der Waals surface area (Å²) in [4.78, 5) is 25.0. The Balaban J connectivity index is 1.62. The molecule has 3 aromatic heterocycles. The lowest BCUT2D eigenvalue weighted by Crippen LogP contribution is -2.32. The lowest BCUT2D eigenvalue weighted by atomic mass is 10.2. The van der Waals surface area contributed by atoms with Crippen molar-refractivity contribution in [1.29, 1.82) is 0 Å². The highest BCUT2D eigenvalue weighted by Gasteiger charge is 2.18. The second-order valence-electron chi connectivity index (χ2n) is 4.86. The van der Waals surface area contributed by atoms with E-state index in [9.17, 15) is 4.79 Å². The summed E-state index contributed by atoms with van der Waals surface area (Å²) in [6.07, 6.45) is 9.07. The van der Waals surface area contributed by atoms with Crippen molar-refractivity contribution in [2.75, 3.05) is 0 Å². The molecule has 0 aliphatic heterocycles. The number of carbonyl (C=O) groups is 1. The highest BCUT2D eigenvalue weighted by molar-refractivity contribution is 7.13. The van der Waals surface area contributed by atoms with Crippen LogP contribution in [0.2, 0.25) is 0 Å². The minimum Gasteiger partial charge on any atom is -0.349 e. The van der Waals surface area contributed by atoms with Crippen LogP contribution < -0.4 is 5.32 Å². The molecule has 0 aliphatic rings. The van der Waals surface area contributed by atoms with E-state index in [4.69, 9.17) is 0 Å². The van der Waals surface area contributed by atoms with Crippen molar-refractivity contribution < 1.29 is 4.79 Å². The molecule has 1 atom stereocenters. The summed E-state index contributed by atoms with van der Waals surface area (Å²) in [6, 6.07) is 1.51. The third-order valence-electron chi connectivity index (χ3n) is 3.31. The number of rotatable bonds is 6. The van der Waals surface area contributed by atoms with Crippen LogP contribution in [0, 0.1) is 0 Å². The van der Waals surface area contributed by atoms with E-state index in [0.29, 0.717) is 13.0 Å². The highest BCUT2D eigenvalue weighted by Crippen LogP contribution is 2.20. The van der Waals surface area contributed by atoms with Gasteiger partial charge in [0.05, 0.1) is 18.4 Å². The zero-order chi connectivity index (χ0) is 16.1. The summed E-state index contributed by atoms with van der Waals surface area (Å²) in [5, 5.41) is 9.75. The Bertz CT molecular complexity index is 755. The number of nitrogens with zero attached hydrogens (tertiary/aromatic N) is 5. The van der Waals surface area contributed by atoms with Crippen molar-refractivity contribution in [1.82, 2.24) is 30.0 Å². The summed E-state index contributed by atoms with van der Waals surface area (Å²) < 4.78 is 1.67. The van der Waals surface area contributed by atoms with Gasteiger partial charge in [-0.25, -0.2) is 4.98 Å². The molecule has 3 heterocycles. The number of aromatic nitrogens is 5. The molecule has 8 heteroatoms. The first-order chi connectivity index (χ1) is 11.3. The Morgan fingerprint density at radius 1 is 1.39 bits per heavy atom. The first-order valence-corrected chi connectivity index (χ1v) is 8.13. The zero-order valence-electron chi connectivity index (χ0n) is 12.6. The van der Waals surface area contributed by atoms with Gasteiger partial charge in [-0.1, -0.05) is 6.92 Å². The molecule has 1 N–H and O–H groups in total. The number of amides is 1. The molecule has 7 nitrogen and oxygen atoms in total. The lowest BCUT2D eigenvalue weighted by molar-refractivity contribution is -0.124. The van der Waals surface area contributed by atoms with Gasteiger partial charge in [-0.2, -0.15) is 5.10 Å². The van der Waals surface area contributed by atoms with Gasteiger partial charge in [0.25, 0.3) is 0 Å². The number of nitrogens with one attached hydrogen (secondary N) is 1. The van der Waals surface area contributed by atoms with Crippen LogP contribution in [0.4, 0.5) is 0 Å². The molecule has 118 valence electrons. The SMILES string of the molecule is CC[C@@H](C(=O)NCc1csc(-c2cnccn2)n1)n1cccn1. The van der Waals surface area contributed by atoms with Gasteiger partial charge in [-0.15, -0.1) is 11.3 Å². The Morgan fingerprint density at radius 3 is 3.00 bits per heavy atom. The van der Waals surface area contributed by atoms with Gasteiger partial charge >= 0.3 is 0 Å². The Hall–Kier alpha value is -2.61. The largest absolute Gasteiger partial charge is 0.349 e. The third-order valence-corrected chi connectivity index (χ3v) is 4.22. The maximum absolute atomic E-state index is 12.3. The van der Waals surface area contributed by atoms with E-state index in [2.05, 4.69) is 25.4 Å².